The Labute approximate surface area is 126 Å². The molecule has 0 aromatic carbocycles. The summed E-state index contributed by atoms with van der Waals surface area (Å²) in [6.45, 7) is 5.07. The summed E-state index contributed by atoms with van der Waals surface area (Å²) in [5.41, 5.74) is 0. The zero-order valence-corrected chi connectivity index (χ0v) is 12.8. The van der Waals surface area contributed by atoms with E-state index in [0.717, 1.165) is 50.1 Å². The van der Waals surface area contributed by atoms with Crippen molar-refractivity contribution in [2.75, 3.05) is 33.2 Å². The van der Waals surface area contributed by atoms with E-state index in [1.54, 1.807) is 13.3 Å². The summed E-state index contributed by atoms with van der Waals surface area (Å²) in [4.78, 5) is 16.1. The lowest BCUT2D eigenvalue weighted by Gasteiger charge is -2.34. The average molecular weight is 291 g/mol. The van der Waals surface area contributed by atoms with Gasteiger partial charge in [-0.3, -0.25) is 4.90 Å². The molecule has 2 aliphatic rings. The Morgan fingerprint density at radius 2 is 2.05 bits per heavy atom. The van der Waals surface area contributed by atoms with Crippen molar-refractivity contribution in [2.24, 2.45) is 11.8 Å². The molecule has 2 amide bonds. The maximum atomic E-state index is 11.6. The number of furan rings is 1. The Balaban J connectivity index is 1.45. The fraction of sp³-hybridized carbons (Fsp3) is 0.688. The summed E-state index contributed by atoms with van der Waals surface area (Å²) in [6.07, 6.45) is 5.32. The minimum absolute atomic E-state index is 0.0688. The molecule has 2 aliphatic heterocycles. The highest BCUT2D eigenvalue weighted by Gasteiger charge is 2.32. The molecule has 1 aromatic rings. The fourth-order valence-electron chi connectivity index (χ4n) is 3.75. The summed E-state index contributed by atoms with van der Waals surface area (Å²) < 4.78 is 5.44. The van der Waals surface area contributed by atoms with Crippen LogP contribution >= 0.6 is 0 Å². The van der Waals surface area contributed by atoms with E-state index in [9.17, 15) is 4.79 Å². The SMILES string of the molecule is CNC(=O)N1CCC(C2CCN(Cc3ccco3)C2)CC1. The number of carbonyl (C=O) groups excluding carboxylic acids is 1. The first-order valence-electron chi connectivity index (χ1n) is 7.97. The van der Waals surface area contributed by atoms with Gasteiger partial charge in [0.25, 0.3) is 0 Å². The minimum atomic E-state index is 0.0688. The first-order chi connectivity index (χ1) is 10.3. The number of nitrogens with one attached hydrogen (secondary N) is 1. The van der Waals surface area contributed by atoms with Gasteiger partial charge in [-0.15, -0.1) is 0 Å². The molecule has 0 bridgehead atoms. The Morgan fingerprint density at radius 3 is 2.71 bits per heavy atom. The molecule has 21 heavy (non-hydrogen) atoms. The number of likely N-dealkylation sites (tertiary alicyclic amines) is 2. The largest absolute Gasteiger partial charge is 0.468 e. The zero-order valence-electron chi connectivity index (χ0n) is 12.8. The maximum absolute atomic E-state index is 11.6. The Morgan fingerprint density at radius 1 is 1.29 bits per heavy atom. The van der Waals surface area contributed by atoms with Crippen molar-refractivity contribution in [2.45, 2.75) is 25.8 Å². The molecule has 5 heteroatoms. The summed E-state index contributed by atoms with van der Waals surface area (Å²) >= 11 is 0. The van der Waals surface area contributed by atoms with Crippen LogP contribution in [-0.2, 0) is 6.54 Å². The van der Waals surface area contributed by atoms with Crippen molar-refractivity contribution in [3.63, 3.8) is 0 Å². The van der Waals surface area contributed by atoms with Gasteiger partial charge < -0.3 is 14.6 Å². The second-order valence-corrected chi connectivity index (χ2v) is 6.24. The Hall–Kier alpha value is -1.49. The molecule has 3 heterocycles. The monoisotopic (exact) mass is 291 g/mol. The van der Waals surface area contributed by atoms with Gasteiger partial charge in [0.1, 0.15) is 5.76 Å². The van der Waals surface area contributed by atoms with Crippen LogP contribution in [-0.4, -0.2) is 49.1 Å². The molecule has 0 aliphatic carbocycles. The number of hydrogen-bond donors (Lipinski definition) is 1. The minimum Gasteiger partial charge on any atom is -0.468 e. The summed E-state index contributed by atoms with van der Waals surface area (Å²) in [6, 6.07) is 4.08. The van der Waals surface area contributed by atoms with Crippen LogP contribution in [0.1, 0.15) is 25.0 Å². The smallest absolute Gasteiger partial charge is 0.317 e. The van der Waals surface area contributed by atoms with Gasteiger partial charge in [-0.1, -0.05) is 0 Å². The molecule has 1 unspecified atom stereocenters. The standard InChI is InChI=1S/C16H25N3O2/c1-17-16(20)19-8-5-13(6-9-19)14-4-7-18(11-14)12-15-3-2-10-21-15/h2-3,10,13-14H,4-9,11-12H2,1H3,(H,17,20). The molecule has 0 spiro atoms. The number of urea groups is 1. The van der Waals surface area contributed by atoms with Crippen molar-refractivity contribution in [1.29, 1.82) is 0 Å². The van der Waals surface area contributed by atoms with Gasteiger partial charge in [0.15, 0.2) is 0 Å². The van der Waals surface area contributed by atoms with Crippen molar-refractivity contribution < 1.29 is 9.21 Å². The molecule has 2 saturated heterocycles. The number of rotatable bonds is 3. The Bertz CT molecular complexity index is 452. The number of hydrogen-bond acceptors (Lipinski definition) is 3. The van der Waals surface area contributed by atoms with Crippen molar-refractivity contribution in [3.05, 3.63) is 24.2 Å². The predicted octanol–water partition coefficient (Wildman–Crippen LogP) is 2.15. The van der Waals surface area contributed by atoms with E-state index in [1.807, 2.05) is 11.0 Å². The lowest BCUT2D eigenvalue weighted by molar-refractivity contribution is 0.150. The highest BCUT2D eigenvalue weighted by atomic mass is 16.3. The van der Waals surface area contributed by atoms with E-state index >= 15 is 0 Å². The van der Waals surface area contributed by atoms with Crippen LogP contribution in [0.3, 0.4) is 0 Å². The van der Waals surface area contributed by atoms with Gasteiger partial charge in [0.2, 0.25) is 0 Å². The van der Waals surface area contributed by atoms with E-state index < -0.39 is 0 Å². The van der Waals surface area contributed by atoms with Crippen molar-refractivity contribution in [1.82, 2.24) is 15.1 Å². The van der Waals surface area contributed by atoms with E-state index in [0.29, 0.717) is 0 Å². The maximum Gasteiger partial charge on any atom is 0.317 e. The third-order valence-corrected chi connectivity index (χ3v) is 4.98. The van der Waals surface area contributed by atoms with Crippen molar-refractivity contribution in [3.8, 4) is 0 Å². The highest BCUT2D eigenvalue weighted by Crippen LogP contribution is 2.32. The number of carbonyl (C=O) groups is 1. The van der Waals surface area contributed by atoms with E-state index in [1.165, 1.54) is 19.5 Å². The van der Waals surface area contributed by atoms with E-state index in [-0.39, 0.29) is 6.03 Å². The molecule has 3 rings (SSSR count). The van der Waals surface area contributed by atoms with Crippen LogP contribution in [0.5, 0.6) is 0 Å². The van der Waals surface area contributed by atoms with E-state index in [4.69, 9.17) is 4.42 Å². The van der Waals surface area contributed by atoms with Crippen LogP contribution in [0, 0.1) is 11.8 Å². The van der Waals surface area contributed by atoms with Crippen LogP contribution in [0.2, 0.25) is 0 Å². The van der Waals surface area contributed by atoms with Crippen LogP contribution in [0.25, 0.3) is 0 Å². The molecule has 5 nitrogen and oxygen atoms in total. The van der Waals surface area contributed by atoms with Crippen LogP contribution < -0.4 is 5.32 Å². The quantitative estimate of drug-likeness (QED) is 0.928. The van der Waals surface area contributed by atoms with Gasteiger partial charge in [0, 0.05) is 26.7 Å². The molecule has 1 atom stereocenters. The van der Waals surface area contributed by atoms with Crippen molar-refractivity contribution >= 4 is 6.03 Å². The summed E-state index contributed by atoms with van der Waals surface area (Å²) in [5, 5.41) is 2.72. The summed E-state index contributed by atoms with van der Waals surface area (Å²) in [5.74, 6) is 2.62. The molecular formula is C16H25N3O2. The van der Waals surface area contributed by atoms with Gasteiger partial charge in [-0.25, -0.2) is 4.79 Å². The normalized spacial score (nSPS) is 24.4. The lowest BCUT2D eigenvalue weighted by Crippen LogP contribution is -2.44. The van der Waals surface area contributed by atoms with Gasteiger partial charge in [-0.05, 0) is 49.8 Å². The van der Waals surface area contributed by atoms with Gasteiger partial charge in [-0.2, -0.15) is 0 Å². The highest BCUT2D eigenvalue weighted by molar-refractivity contribution is 5.73. The van der Waals surface area contributed by atoms with E-state index in [2.05, 4.69) is 16.3 Å². The number of nitrogens with zero attached hydrogens (tertiary/aromatic N) is 2. The second kappa shape index (κ2) is 6.52. The Kier molecular flexibility index (Phi) is 4.48. The number of amides is 2. The molecular weight excluding hydrogens is 266 g/mol. The first kappa shape index (κ1) is 14.4. The zero-order chi connectivity index (χ0) is 14.7. The topological polar surface area (TPSA) is 48.7 Å². The second-order valence-electron chi connectivity index (χ2n) is 6.24. The van der Waals surface area contributed by atoms with Crippen LogP contribution in [0.15, 0.2) is 22.8 Å². The molecule has 2 fully saturated rings. The predicted molar refractivity (Wildman–Crippen MR) is 80.8 cm³/mol. The van der Waals surface area contributed by atoms with Crippen LogP contribution in [0.4, 0.5) is 4.79 Å². The number of piperidine rings is 1. The lowest BCUT2D eigenvalue weighted by atomic mass is 9.84. The fourth-order valence-corrected chi connectivity index (χ4v) is 3.75. The average Bonchev–Trinajstić information content (AvgIpc) is 3.19. The molecule has 116 valence electrons. The third-order valence-electron chi connectivity index (χ3n) is 4.98. The molecule has 1 N–H and O–H groups in total. The summed E-state index contributed by atoms with van der Waals surface area (Å²) in [7, 11) is 1.71. The third kappa shape index (κ3) is 3.40. The first-order valence-corrected chi connectivity index (χ1v) is 7.97. The molecule has 0 saturated carbocycles. The molecule has 1 aromatic heterocycles. The van der Waals surface area contributed by atoms with Gasteiger partial charge >= 0.3 is 6.03 Å². The van der Waals surface area contributed by atoms with Gasteiger partial charge in [0.05, 0.1) is 12.8 Å². The molecule has 0 radical (unpaired) electrons.